The molecule has 0 bridgehead atoms. The lowest BCUT2D eigenvalue weighted by Crippen LogP contribution is -2.00. The predicted octanol–water partition coefficient (Wildman–Crippen LogP) is 2.89. The van der Waals surface area contributed by atoms with E-state index in [9.17, 15) is 0 Å². The van der Waals surface area contributed by atoms with Gasteiger partial charge in [0, 0.05) is 11.4 Å². The van der Waals surface area contributed by atoms with E-state index in [0.29, 0.717) is 0 Å². The zero-order chi connectivity index (χ0) is 11.4. The summed E-state index contributed by atoms with van der Waals surface area (Å²) in [7, 11) is 0. The molecule has 2 rings (SSSR count). The molecular weight excluding hydrogens is 198 g/mol. The molecule has 1 aromatic carbocycles. The number of nitrogens with one attached hydrogen (secondary N) is 2. The third kappa shape index (κ3) is 2.42. The summed E-state index contributed by atoms with van der Waals surface area (Å²) in [5.41, 5.74) is 3.45. The zero-order valence-electron chi connectivity index (χ0n) is 9.75. The molecule has 2 aromatic rings. The Morgan fingerprint density at radius 3 is 2.62 bits per heavy atom. The van der Waals surface area contributed by atoms with E-state index >= 15 is 0 Å². The van der Waals surface area contributed by atoms with Crippen LogP contribution in [0.4, 0.5) is 5.69 Å². The van der Waals surface area contributed by atoms with Crippen molar-refractivity contribution in [1.82, 2.24) is 9.97 Å². The fourth-order valence-electron chi connectivity index (χ4n) is 1.73. The number of aryl methyl sites for hydroxylation is 2. The van der Waals surface area contributed by atoms with Crippen LogP contribution in [0.25, 0.3) is 0 Å². The first kappa shape index (κ1) is 10.7. The molecule has 0 atom stereocenters. The molecule has 0 spiro atoms. The van der Waals surface area contributed by atoms with E-state index in [1.165, 1.54) is 5.69 Å². The number of imidazole rings is 1. The lowest BCUT2D eigenvalue weighted by molar-refractivity contribution is 0.971. The van der Waals surface area contributed by atoms with E-state index < -0.39 is 0 Å². The summed E-state index contributed by atoms with van der Waals surface area (Å²) in [5, 5.41) is 3.33. The highest BCUT2D eigenvalue weighted by Crippen LogP contribution is 2.09. The number of aromatic nitrogens is 2. The molecule has 0 aliphatic carbocycles. The van der Waals surface area contributed by atoms with Crippen LogP contribution in [0.1, 0.15) is 24.1 Å². The quantitative estimate of drug-likeness (QED) is 0.823. The van der Waals surface area contributed by atoms with Gasteiger partial charge in [-0.2, -0.15) is 0 Å². The third-order valence-electron chi connectivity index (χ3n) is 2.60. The summed E-state index contributed by atoms with van der Waals surface area (Å²) >= 11 is 0. The van der Waals surface area contributed by atoms with E-state index in [-0.39, 0.29) is 0 Å². The second-order valence-corrected chi connectivity index (χ2v) is 3.83. The minimum absolute atomic E-state index is 0.741. The van der Waals surface area contributed by atoms with Crippen molar-refractivity contribution < 1.29 is 0 Å². The smallest absolute Gasteiger partial charge is 0.125 e. The Kier molecular flexibility index (Phi) is 3.25. The van der Waals surface area contributed by atoms with Gasteiger partial charge in [0.15, 0.2) is 0 Å². The van der Waals surface area contributed by atoms with Gasteiger partial charge < -0.3 is 10.3 Å². The number of hydrogen-bond donors (Lipinski definition) is 2. The summed E-state index contributed by atoms with van der Waals surface area (Å²) in [6.07, 6.45) is 0.980. The van der Waals surface area contributed by atoms with Gasteiger partial charge in [0.25, 0.3) is 0 Å². The summed E-state index contributed by atoms with van der Waals surface area (Å²) in [6, 6.07) is 10.2. The summed E-state index contributed by atoms with van der Waals surface area (Å²) in [5.74, 6) is 0.998. The van der Waals surface area contributed by atoms with Crippen LogP contribution in [-0.2, 0) is 13.0 Å². The van der Waals surface area contributed by atoms with Gasteiger partial charge in [-0.15, -0.1) is 0 Å². The largest absolute Gasteiger partial charge is 0.378 e. The average Bonchev–Trinajstić information content (AvgIpc) is 2.69. The van der Waals surface area contributed by atoms with Crippen molar-refractivity contribution in [3.63, 3.8) is 0 Å². The Morgan fingerprint density at radius 1 is 1.25 bits per heavy atom. The number of hydrogen-bond acceptors (Lipinski definition) is 2. The predicted molar refractivity (Wildman–Crippen MR) is 66.5 cm³/mol. The number of anilines is 1. The highest BCUT2D eigenvalue weighted by molar-refractivity contribution is 5.42. The molecule has 0 aliphatic rings. The maximum Gasteiger partial charge on any atom is 0.125 e. The minimum atomic E-state index is 0.741. The van der Waals surface area contributed by atoms with Crippen molar-refractivity contribution in [1.29, 1.82) is 0 Å². The highest BCUT2D eigenvalue weighted by atomic mass is 15.0. The lowest BCUT2D eigenvalue weighted by Gasteiger charge is -2.02. The molecule has 0 fully saturated rings. The molecule has 0 saturated heterocycles. The maximum atomic E-state index is 4.53. The minimum Gasteiger partial charge on any atom is -0.378 e. The van der Waals surface area contributed by atoms with Crippen LogP contribution in [-0.4, -0.2) is 9.97 Å². The normalized spacial score (nSPS) is 10.4. The molecule has 0 radical (unpaired) electrons. The fourth-order valence-corrected chi connectivity index (χ4v) is 1.73. The number of aromatic amines is 1. The molecule has 2 N–H and O–H groups in total. The Hall–Kier alpha value is -1.77. The number of H-pyrrole nitrogens is 1. The number of nitrogens with zero attached hydrogens (tertiary/aromatic N) is 1. The monoisotopic (exact) mass is 215 g/mol. The molecule has 1 aromatic heterocycles. The van der Waals surface area contributed by atoms with Gasteiger partial charge >= 0.3 is 0 Å². The van der Waals surface area contributed by atoms with Crippen molar-refractivity contribution in [2.45, 2.75) is 26.8 Å². The van der Waals surface area contributed by atoms with E-state index in [0.717, 1.165) is 30.2 Å². The first-order valence-electron chi connectivity index (χ1n) is 5.63. The number of benzene rings is 1. The van der Waals surface area contributed by atoms with E-state index in [1.54, 1.807) is 0 Å². The van der Waals surface area contributed by atoms with Gasteiger partial charge in [-0.3, -0.25) is 0 Å². The topological polar surface area (TPSA) is 40.7 Å². The molecule has 16 heavy (non-hydrogen) atoms. The fraction of sp³-hybridized carbons (Fsp3) is 0.308. The maximum absolute atomic E-state index is 4.53. The Labute approximate surface area is 95.9 Å². The lowest BCUT2D eigenvalue weighted by atomic mass is 10.3. The van der Waals surface area contributed by atoms with Crippen LogP contribution in [0.15, 0.2) is 30.3 Å². The van der Waals surface area contributed by atoms with Crippen LogP contribution in [0, 0.1) is 6.92 Å². The highest BCUT2D eigenvalue weighted by Gasteiger charge is 2.03. The van der Waals surface area contributed by atoms with Gasteiger partial charge in [0.1, 0.15) is 5.82 Å². The third-order valence-corrected chi connectivity index (χ3v) is 2.60. The van der Waals surface area contributed by atoms with Crippen molar-refractivity contribution in [3.05, 3.63) is 47.5 Å². The van der Waals surface area contributed by atoms with Gasteiger partial charge in [-0.05, 0) is 25.5 Å². The SMILES string of the molecule is CCc1nc(CNc2ccccc2)[nH]c1C. The molecule has 0 amide bonds. The first-order valence-corrected chi connectivity index (χ1v) is 5.63. The Balaban J connectivity index is 2.00. The van der Waals surface area contributed by atoms with Gasteiger partial charge in [-0.25, -0.2) is 4.98 Å². The average molecular weight is 215 g/mol. The van der Waals surface area contributed by atoms with Crippen LogP contribution in [0.5, 0.6) is 0 Å². The summed E-state index contributed by atoms with van der Waals surface area (Å²) < 4.78 is 0. The van der Waals surface area contributed by atoms with Crippen LogP contribution in [0.2, 0.25) is 0 Å². The molecule has 84 valence electrons. The van der Waals surface area contributed by atoms with Gasteiger partial charge in [-0.1, -0.05) is 25.1 Å². The van der Waals surface area contributed by atoms with Gasteiger partial charge in [0.2, 0.25) is 0 Å². The van der Waals surface area contributed by atoms with Gasteiger partial charge in [0.05, 0.1) is 12.2 Å². The van der Waals surface area contributed by atoms with Crippen LogP contribution >= 0.6 is 0 Å². The second kappa shape index (κ2) is 4.84. The Bertz CT molecular complexity index is 445. The molecule has 0 aliphatic heterocycles. The number of para-hydroxylation sites is 1. The van der Waals surface area contributed by atoms with Crippen molar-refractivity contribution in [2.24, 2.45) is 0 Å². The second-order valence-electron chi connectivity index (χ2n) is 3.83. The molecule has 3 heteroatoms. The standard InChI is InChI=1S/C13H17N3/c1-3-12-10(2)15-13(16-12)9-14-11-7-5-4-6-8-11/h4-8,14H,3,9H2,1-2H3,(H,15,16). The summed E-state index contributed by atoms with van der Waals surface area (Å²) in [4.78, 5) is 7.82. The Morgan fingerprint density at radius 2 is 2.00 bits per heavy atom. The molecular formula is C13H17N3. The molecule has 0 saturated carbocycles. The van der Waals surface area contributed by atoms with Crippen LogP contribution < -0.4 is 5.32 Å². The zero-order valence-corrected chi connectivity index (χ0v) is 9.75. The van der Waals surface area contributed by atoms with Crippen molar-refractivity contribution in [3.8, 4) is 0 Å². The van der Waals surface area contributed by atoms with Crippen LogP contribution in [0.3, 0.4) is 0 Å². The number of rotatable bonds is 4. The van der Waals surface area contributed by atoms with Crippen molar-refractivity contribution >= 4 is 5.69 Å². The molecule has 0 unspecified atom stereocenters. The van der Waals surface area contributed by atoms with E-state index in [2.05, 4.69) is 41.3 Å². The first-order chi connectivity index (χ1) is 7.79. The summed E-state index contributed by atoms with van der Waals surface area (Å²) in [6.45, 7) is 4.93. The van der Waals surface area contributed by atoms with E-state index in [4.69, 9.17) is 0 Å². The molecule has 1 heterocycles. The van der Waals surface area contributed by atoms with E-state index in [1.807, 2.05) is 18.2 Å². The van der Waals surface area contributed by atoms with Crippen molar-refractivity contribution in [2.75, 3.05) is 5.32 Å². The molecule has 3 nitrogen and oxygen atoms in total.